The average molecular weight is 380 g/mol. The third-order valence-electron chi connectivity index (χ3n) is 5.43. The van der Waals surface area contributed by atoms with Crippen LogP contribution in [0.2, 0.25) is 0 Å². The van der Waals surface area contributed by atoms with Gasteiger partial charge in [0.2, 0.25) is 0 Å². The molecule has 1 aliphatic heterocycles. The highest BCUT2D eigenvalue weighted by Crippen LogP contribution is 2.42. The molecule has 2 aliphatic rings. The van der Waals surface area contributed by atoms with E-state index in [4.69, 9.17) is 0 Å². The van der Waals surface area contributed by atoms with Crippen LogP contribution in [0.25, 0.3) is 6.08 Å². The number of nitrogens with zero attached hydrogens (tertiary/aromatic N) is 2. The number of rotatable bonds is 4. The largest absolute Gasteiger partial charge is 0.356 e. The highest BCUT2D eigenvalue weighted by molar-refractivity contribution is 8.05. The van der Waals surface area contributed by atoms with Gasteiger partial charge in [-0.15, -0.1) is 0 Å². The van der Waals surface area contributed by atoms with E-state index in [-0.39, 0.29) is 11.4 Å². The third-order valence-corrected chi connectivity index (χ3v) is 6.54. The van der Waals surface area contributed by atoms with Gasteiger partial charge in [-0.25, -0.2) is 0 Å². The molecule has 1 aromatic heterocycles. The topological polar surface area (TPSA) is 45.2 Å². The van der Waals surface area contributed by atoms with Crippen LogP contribution in [0.5, 0.6) is 0 Å². The fourth-order valence-electron chi connectivity index (χ4n) is 3.98. The monoisotopic (exact) mass is 379 g/mol. The standard InChI is InChI=1S/C22H25N3OS/c1-16-7-5-6-10-19(16)25-21(26)20(15-17-11-13-23-14-12-17)27-22(25)24-18-8-3-2-4-9-18/h2-4,8-9,11-16,19,22,24H,5-7,10H2,1H3/b20-15-/t16-,19-,22?/m0/s1. The lowest BCUT2D eigenvalue weighted by molar-refractivity contribution is -0.129. The fraction of sp³-hybridized carbons (Fsp3) is 0.364. The van der Waals surface area contributed by atoms with Gasteiger partial charge >= 0.3 is 0 Å². The summed E-state index contributed by atoms with van der Waals surface area (Å²) in [6.45, 7) is 2.28. The van der Waals surface area contributed by atoms with Crippen molar-refractivity contribution in [1.29, 1.82) is 0 Å². The van der Waals surface area contributed by atoms with Crippen molar-refractivity contribution >= 4 is 29.4 Å². The summed E-state index contributed by atoms with van der Waals surface area (Å²) >= 11 is 1.62. The molecule has 2 fully saturated rings. The fourth-order valence-corrected chi connectivity index (χ4v) is 5.19. The molecule has 1 saturated carbocycles. The first kappa shape index (κ1) is 18.1. The second kappa shape index (κ2) is 8.17. The maximum Gasteiger partial charge on any atom is 0.262 e. The van der Waals surface area contributed by atoms with Crippen molar-refractivity contribution in [2.45, 2.75) is 44.1 Å². The lowest BCUT2D eigenvalue weighted by atomic mass is 9.85. The maximum atomic E-state index is 13.3. The molecule has 3 atom stereocenters. The number of pyridine rings is 1. The summed E-state index contributed by atoms with van der Waals surface area (Å²) in [5.74, 6) is 0.674. The van der Waals surface area contributed by atoms with Crippen molar-refractivity contribution < 1.29 is 4.79 Å². The molecular weight excluding hydrogens is 354 g/mol. The zero-order chi connectivity index (χ0) is 18.6. The zero-order valence-electron chi connectivity index (χ0n) is 15.5. The van der Waals surface area contributed by atoms with E-state index in [1.165, 1.54) is 19.3 Å². The summed E-state index contributed by atoms with van der Waals surface area (Å²) in [6.07, 6.45) is 10.3. The molecule has 0 spiro atoms. The number of carbonyl (C=O) groups excluding carboxylic acids is 1. The number of amides is 1. The smallest absolute Gasteiger partial charge is 0.262 e. The van der Waals surface area contributed by atoms with Crippen molar-refractivity contribution in [1.82, 2.24) is 9.88 Å². The summed E-state index contributed by atoms with van der Waals surface area (Å²) in [7, 11) is 0. The van der Waals surface area contributed by atoms with Crippen molar-refractivity contribution in [3.63, 3.8) is 0 Å². The van der Waals surface area contributed by atoms with Gasteiger partial charge in [-0.05, 0) is 54.7 Å². The predicted molar refractivity (Wildman–Crippen MR) is 112 cm³/mol. The van der Waals surface area contributed by atoms with Gasteiger partial charge in [-0.3, -0.25) is 9.78 Å². The van der Waals surface area contributed by atoms with Crippen LogP contribution in [0.4, 0.5) is 5.69 Å². The molecule has 4 rings (SSSR count). The number of para-hydroxylation sites is 1. The lowest BCUT2D eigenvalue weighted by Crippen LogP contribution is -2.48. The Bertz CT molecular complexity index is 809. The van der Waals surface area contributed by atoms with Crippen LogP contribution in [0, 0.1) is 5.92 Å². The van der Waals surface area contributed by atoms with E-state index in [9.17, 15) is 4.79 Å². The molecular formula is C22H25N3OS. The van der Waals surface area contributed by atoms with E-state index in [1.54, 1.807) is 24.2 Å². The van der Waals surface area contributed by atoms with Crippen molar-refractivity contribution in [3.05, 3.63) is 65.3 Å². The molecule has 0 radical (unpaired) electrons. The minimum absolute atomic E-state index is 0.0708. The van der Waals surface area contributed by atoms with Gasteiger partial charge in [0.1, 0.15) is 0 Å². The van der Waals surface area contributed by atoms with Crippen molar-refractivity contribution in [3.8, 4) is 0 Å². The second-order valence-corrected chi connectivity index (χ2v) is 8.43. The Morgan fingerprint density at radius 2 is 1.85 bits per heavy atom. The van der Waals surface area contributed by atoms with Gasteiger partial charge in [-0.1, -0.05) is 49.7 Å². The Morgan fingerprint density at radius 3 is 2.59 bits per heavy atom. The lowest BCUT2D eigenvalue weighted by Gasteiger charge is -2.39. The maximum absolute atomic E-state index is 13.3. The molecule has 1 N–H and O–H groups in total. The van der Waals surface area contributed by atoms with E-state index < -0.39 is 0 Å². The summed E-state index contributed by atoms with van der Waals surface area (Å²) in [4.78, 5) is 20.3. The molecule has 1 amide bonds. The van der Waals surface area contributed by atoms with Crippen LogP contribution in [-0.4, -0.2) is 27.3 Å². The Hall–Kier alpha value is -2.27. The highest BCUT2D eigenvalue weighted by atomic mass is 32.2. The Morgan fingerprint density at radius 1 is 1.11 bits per heavy atom. The third kappa shape index (κ3) is 4.03. The first-order valence-corrected chi connectivity index (χ1v) is 10.5. The van der Waals surface area contributed by atoms with Crippen LogP contribution in [-0.2, 0) is 4.79 Å². The first-order valence-electron chi connectivity index (χ1n) is 9.65. The SMILES string of the molecule is C[C@H]1CCCC[C@@H]1N1C(=O)/C(=C/c2ccncc2)SC1Nc1ccccc1. The Labute approximate surface area is 165 Å². The average Bonchev–Trinajstić information content (AvgIpc) is 2.99. The quantitative estimate of drug-likeness (QED) is 0.762. The van der Waals surface area contributed by atoms with Gasteiger partial charge in [0.15, 0.2) is 5.50 Å². The molecule has 27 heavy (non-hydrogen) atoms. The molecule has 1 aromatic carbocycles. The van der Waals surface area contributed by atoms with Crippen molar-refractivity contribution in [2.75, 3.05) is 5.32 Å². The van der Waals surface area contributed by atoms with Crippen LogP contribution in [0.15, 0.2) is 59.8 Å². The Kier molecular flexibility index (Phi) is 5.48. The number of thioether (sulfide) groups is 1. The summed E-state index contributed by atoms with van der Waals surface area (Å²) < 4.78 is 0. The number of hydrogen-bond acceptors (Lipinski definition) is 4. The minimum atomic E-state index is -0.0708. The van der Waals surface area contributed by atoms with Crippen LogP contribution < -0.4 is 5.32 Å². The van der Waals surface area contributed by atoms with E-state index in [2.05, 4.69) is 34.3 Å². The van der Waals surface area contributed by atoms with Crippen molar-refractivity contribution in [2.24, 2.45) is 5.92 Å². The summed E-state index contributed by atoms with van der Waals surface area (Å²) in [5, 5.41) is 3.57. The van der Waals surface area contributed by atoms with Crippen LogP contribution in [0.1, 0.15) is 38.2 Å². The molecule has 2 aromatic rings. The van der Waals surface area contributed by atoms with E-state index in [0.717, 1.165) is 22.6 Å². The predicted octanol–water partition coefficient (Wildman–Crippen LogP) is 4.97. The van der Waals surface area contributed by atoms with Crippen LogP contribution in [0.3, 0.4) is 0 Å². The molecule has 4 nitrogen and oxygen atoms in total. The molecule has 140 valence electrons. The molecule has 1 unspecified atom stereocenters. The van der Waals surface area contributed by atoms with Gasteiger partial charge in [0.25, 0.3) is 5.91 Å². The summed E-state index contributed by atoms with van der Waals surface area (Å²) in [6, 6.07) is 14.3. The molecule has 0 bridgehead atoms. The molecule has 2 heterocycles. The van der Waals surface area contributed by atoms with E-state index in [1.807, 2.05) is 36.4 Å². The minimum Gasteiger partial charge on any atom is -0.356 e. The normalized spacial score (nSPS) is 27.1. The van der Waals surface area contributed by atoms with Crippen LogP contribution >= 0.6 is 11.8 Å². The number of aromatic nitrogens is 1. The van der Waals surface area contributed by atoms with Gasteiger partial charge in [0, 0.05) is 24.1 Å². The number of benzene rings is 1. The number of anilines is 1. The zero-order valence-corrected chi connectivity index (χ0v) is 16.4. The molecule has 5 heteroatoms. The van der Waals surface area contributed by atoms with E-state index in [0.29, 0.717) is 12.0 Å². The molecule has 1 saturated heterocycles. The summed E-state index contributed by atoms with van der Waals surface area (Å²) in [5.41, 5.74) is 1.98. The number of carbonyl (C=O) groups is 1. The number of hydrogen-bond donors (Lipinski definition) is 1. The highest BCUT2D eigenvalue weighted by Gasteiger charge is 2.42. The Balaban J connectivity index is 1.64. The number of nitrogens with one attached hydrogen (secondary N) is 1. The van der Waals surface area contributed by atoms with Gasteiger partial charge in [-0.2, -0.15) is 0 Å². The molecule has 1 aliphatic carbocycles. The van der Waals surface area contributed by atoms with E-state index >= 15 is 0 Å². The first-order chi connectivity index (χ1) is 13.2. The second-order valence-electron chi connectivity index (χ2n) is 7.31. The van der Waals surface area contributed by atoms with Gasteiger partial charge in [0.05, 0.1) is 4.91 Å². The van der Waals surface area contributed by atoms with Gasteiger partial charge < -0.3 is 10.2 Å².